The molecule has 3 fully saturated rings. The first kappa shape index (κ1) is 26.7. The fourth-order valence-corrected chi connectivity index (χ4v) is 6.61. The molecule has 3 atom stereocenters. The van der Waals surface area contributed by atoms with Crippen LogP contribution in [0, 0.1) is 16.7 Å². The van der Waals surface area contributed by atoms with E-state index in [-0.39, 0.29) is 29.2 Å². The molecular formula is C29H42N6O3. The zero-order valence-electron chi connectivity index (χ0n) is 23.2. The standard InChI is InChI=1S/C29H42N6O3/c1-28(2)20-7-9-29(28,3)25(17-20)34-26(36)19-22-8-10-31-27(33-22)32-21-5-6-24(37-4)23(18-21)30-11-12-35-13-15-38-16-14-35/h5-6,8,10,18,20,25,30H,7,9,11-17,19H2,1-4H3,(H,34,36)(H,31,32,33). The number of amides is 1. The van der Waals surface area contributed by atoms with Crippen LogP contribution in [0.15, 0.2) is 30.5 Å². The van der Waals surface area contributed by atoms with E-state index in [1.54, 1.807) is 13.3 Å². The topological polar surface area (TPSA) is 101 Å². The lowest BCUT2D eigenvalue weighted by Crippen LogP contribution is -2.47. The summed E-state index contributed by atoms with van der Waals surface area (Å²) >= 11 is 0. The van der Waals surface area contributed by atoms with Gasteiger partial charge in [-0.1, -0.05) is 20.8 Å². The van der Waals surface area contributed by atoms with E-state index in [1.807, 2.05) is 24.3 Å². The van der Waals surface area contributed by atoms with Crippen LogP contribution in [-0.2, 0) is 16.0 Å². The van der Waals surface area contributed by atoms with Crippen LogP contribution < -0.4 is 20.7 Å². The Balaban J connectivity index is 1.18. The molecule has 1 saturated heterocycles. The van der Waals surface area contributed by atoms with Gasteiger partial charge in [-0.25, -0.2) is 9.97 Å². The van der Waals surface area contributed by atoms with Gasteiger partial charge in [-0.05, 0) is 60.3 Å². The zero-order chi connectivity index (χ0) is 26.8. The Kier molecular flexibility index (Phi) is 7.77. The lowest BCUT2D eigenvalue weighted by atomic mass is 9.69. The number of carbonyl (C=O) groups is 1. The second-order valence-corrected chi connectivity index (χ2v) is 11.7. The first-order valence-corrected chi connectivity index (χ1v) is 13.9. The molecule has 0 radical (unpaired) electrons. The predicted octanol–water partition coefficient (Wildman–Crippen LogP) is 3.85. The number of hydrogen-bond acceptors (Lipinski definition) is 8. The number of methoxy groups -OCH3 is 1. The number of ether oxygens (including phenoxy) is 2. The number of benzene rings is 1. The summed E-state index contributed by atoms with van der Waals surface area (Å²) in [4.78, 5) is 24.4. The van der Waals surface area contributed by atoms with Crippen LogP contribution in [0.5, 0.6) is 5.75 Å². The Morgan fingerprint density at radius 1 is 1.21 bits per heavy atom. The van der Waals surface area contributed by atoms with Gasteiger partial charge in [-0.3, -0.25) is 9.69 Å². The van der Waals surface area contributed by atoms with Crippen molar-refractivity contribution in [3.8, 4) is 5.75 Å². The van der Waals surface area contributed by atoms with Gasteiger partial charge in [0, 0.05) is 44.1 Å². The van der Waals surface area contributed by atoms with Gasteiger partial charge in [-0.2, -0.15) is 0 Å². The van der Waals surface area contributed by atoms with Crippen molar-refractivity contribution in [2.24, 2.45) is 16.7 Å². The molecule has 1 aromatic carbocycles. The highest BCUT2D eigenvalue weighted by molar-refractivity contribution is 5.78. The Labute approximate surface area is 226 Å². The van der Waals surface area contributed by atoms with Crippen LogP contribution >= 0.6 is 0 Å². The van der Waals surface area contributed by atoms with Gasteiger partial charge in [0.05, 0.1) is 38.1 Å². The molecular weight excluding hydrogens is 480 g/mol. The summed E-state index contributed by atoms with van der Waals surface area (Å²) in [7, 11) is 1.67. The molecule has 38 heavy (non-hydrogen) atoms. The van der Waals surface area contributed by atoms with Gasteiger partial charge < -0.3 is 25.4 Å². The van der Waals surface area contributed by atoms with Crippen LogP contribution in [0.4, 0.5) is 17.3 Å². The average molecular weight is 523 g/mol. The third kappa shape index (κ3) is 5.45. The van der Waals surface area contributed by atoms with Crippen LogP contribution in [0.1, 0.15) is 45.7 Å². The van der Waals surface area contributed by atoms with Crippen LogP contribution in [0.3, 0.4) is 0 Å². The monoisotopic (exact) mass is 522 g/mol. The first-order chi connectivity index (χ1) is 18.3. The van der Waals surface area contributed by atoms with E-state index in [9.17, 15) is 4.79 Å². The number of nitrogens with zero attached hydrogens (tertiary/aromatic N) is 3. The van der Waals surface area contributed by atoms with E-state index in [2.05, 4.69) is 51.6 Å². The summed E-state index contributed by atoms with van der Waals surface area (Å²) in [5, 5.41) is 10.1. The number of rotatable bonds is 10. The SMILES string of the molecule is COc1ccc(Nc2nccc(CC(=O)NC3CC4CCC3(C)C4(C)C)n2)cc1NCCN1CCOCC1. The Bertz CT molecular complexity index is 1140. The van der Waals surface area contributed by atoms with Crippen LogP contribution in [-0.4, -0.2) is 73.3 Å². The highest BCUT2D eigenvalue weighted by Gasteiger charge is 2.61. The number of fused-ring (bicyclic) bond motifs is 2. The molecule has 1 aliphatic heterocycles. The van der Waals surface area contributed by atoms with E-state index in [0.29, 0.717) is 17.6 Å². The lowest BCUT2D eigenvalue weighted by molar-refractivity contribution is -0.122. The summed E-state index contributed by atoms with van der Waals surface area (Å²) in [6.45, 7) is 12.3. The summed E-state index contributed by atoms with van der Waals surface area (Å²) < 4.78 is 11.0. The van der Waals surface area contributed by atoms with Crippen molar-refractivity contribution in [2.45, 2.75) is 52.5 Å². The van der Waals surface area contributed by atoms with Crippen molar-refractivity contribution in [3.63, 3.8) is 0 Å². The molecule has 1 aromatic heterocycles. The molecule has 1 amide bonds. The van der Waals surface area contributed by atoms with Crippen molar-refractivity contribution >= 4 is 23.2 Å². The maximum absolute atomic E-state index is 13.0. The number of anilines is 3. The van der Waals surface area contributed by atoms with Crippen molar-refractivity contribution in [3.05, 3.63) is 36.2 Å². The third-order valence-electron chi connectivity index (χ3n) is 9.49. The number of aromatic nitrogens is 2. The highest BCUT2D eigenvalue weighted by atomic mass is 16.5. The molecule has 9 nitrogen and oxygen atoms in total. The quantitative estimate of drug-likeness (QED) is 0.433. The smallest absolute Gasteiger partial charge is 0.227 e. The Hall–Kier alpha value is -2.91. The van der Waals surface area contributed by atoms with Gasteiger partial charge in [0.1, 0.15) is 5.75 Å². The van der Waals surface area contributed by atoms with Crippen LogP contribution in [0.25, 0.3) is 0 Å². The Morgan fingerprint density at radius 3 is 2.74 bits per heavy atom. The van der Waals surface area contributed by atoms with Crippen molar-refractivity contribution in [1.29, 1.82) is 0 Å². The normalized spacial score (nSPS) is 26.2. The predicted molar refractivity (Wildman–Crippen MR) is 149 cm³/mol. The summed E-state index contributed by atoms with van der Waals surface area (Å²) in [5.41, 5.74) is 2.88. The number of morpholine rings is 1. The van der Waals surface area contributed by atoms with E-state index < -0.39 is 0 Å². The van der Waals surface area contributed by atoms with E-state index in [1.165, 1.54) is 12.8 Å². The van der Waals surface area contributed by atoms with Gasteiger partial charge in [0.2, 0.25) is 11.9 Å². The minimum atomic E-state index is 0.0282. The lowest BCUT2D eigenvalue weighted by Gasteiger charge is -2.39. The molecule has 2 aromatic rings. The van der Waals surface area contributed by atoms with E-state index >= 15 is 0 Å². The fourth-order valence-electron chi connectivity index (χ4n) is 6.61. The molecule has 2 bridgehead atoms. The summed E-state index contributed by atoms with van der Waals surface area (Å²) in [6.07, 6.45) is 5.47. The summed E-state index contributed by atoms with van der Waals surface area (Å²) in [5.74, 6) is 1.96. The van der Waals surface area contributed by atoms with Crippen LogP contribution in [0.2, 0.25) is 0 Å². The molecule has 9 heteroatoms. The molecule has 0 spiro atoms. The molecule has 2 aliphatic carbocycles. The molecule has 2 heterocycles. The molecule has 206 valence electrons. The maximum Gasteiger partial charge on any atom is 0.227 e. The molecule has 3 aliphatic rings. The highest BCUT2D eigenvalue weighted by Crippen LogP contribution is 2.65. The van der Waals surface area contributed by atoms with Crippen molar-refractivity contribution in [2.75, 3.05) is 57.1 Å². The Morgan fingerprint density at radius 2 is 2.03 bits per heavy atom. The molecule has 2 saturated carbocycles. The van der Waals surface area contributed by atoms with Crippen molar-refractivity contribution in [1.82, 2.24) is 20.2 Å². The van der Waals surface area contributed by atoms with Gasteiger partial charge in [0.25, 0.3) is 0 Å². The van der Waals surface area contributed by atoms with Gasteiger partial charge >= 0.3 is 0 Å². The average Bonchev–Trinajstić information content (AvgIpc) is 3.23. The zero-order valence-corrected chi connectivity index (χ0v) is 23.2. The minimum absolute atomic E-state index is 0.0282. The number of carbonyl (C=O) groups excluding carboxylic acids is 1. The largest absolute Gasteiger partial charge is 0.495 e. The second-order valence-electron chi connectivity index (χ2n) is 11.7. The number of nitrogens with one attached hydrogen (secondary N) is 3. The molecule has 3 unspecified atom stereocenters. The van der Waals surface area contributed by atoms with E-state index in [4.69, 9.17) is 9.47 Å². The first-order valence-electron chi connectivity index (χ1n) is 13.9. The fraction of sp³-hybridized carbons (Fsp3) is 0.621. The van der Waals surface area contributed by atoms with Gasteiger partial charge in [0.15, 0.2) is 0 Å². The maximum atomic E-state index is 13.0. The second kappa shape index (κ2) is 11.1. The van der Waals surface area contributed by atoms with Gasteiger partial charge in [-0.15, -0.1) is 0 Å². The summed E-state index contributed by atoms with van der Waals surface area (Å²) in [6, 6.07) is 7.90. The number of hydrogen-bond donors (Lipinski definition) is 3. The molecule has 5 rings (SSSR count). The minimum Gasteiger partial charge on any atom is -0.495 e. The van der Waals surface area contributed by atoms with E-state index in [0.717, 1.165) is 62.9 Å². The molecule has 3 N–H and O–H groups in total. The third-order valence-corrected chi connectivity index (χ3v) is 9.49. The van der Waals surface area contributed by atoms with Crippen molar-refractivity contribution < 1.29 is 14.3 Å².